The highest BCUT2D eigenvalue weighted by Crippen LogP contribution is 2.50. The zero-order valence-electron chi connectivity index (χ0n) is 15.9. The van der Waals surface area contributed by atoms with Gasteiger partial charge in [0.2, 0.25) is 0 Å². The number of hydrogen-bond donors (Lipinski definition) is 0. The quantitative estimate of drug-likeness (QED) is 0.572. The Morgan fingerprint density at radius 1 is 0.957 bits per heavy atom. The molecule has 1 heteroatoms. The maximum atomic E-state index is 2.87. The molecule has 1 nitrogen and oxygen atoms in total. The minimum absolute atomic E-state index is 0.736. The third-order valence-corrected chi connectivity index (χ3v) is 7.87. The molecule has 0 atom stereocenters. The van der Waals surface area contributed by atoms with E-state index in [1.165, 1.54) is 45.1 Å². The van der Waals surface area contributed by atoms with Crippen molar-refractivity contribution in [1.82, 2.24) is 4.90 Å². The van der Waals surface area contributed by atoms with Crippen molar-refractivity contribution in [2.45, 2.75) is 91.1 Å². The molecule has 0 heterocycles. The molecule has 130 valence electrons. The maximum Gasteiger partial charge on any atom is 0.0109 e. The van der Waals surface area contributed by atoms with Crippen molar-refractivity contribution in [1.29, 1.82) is 0 Å². The second kappa shape index (κ2) is 6.21. The molecular formula is C22H37N. The van der Waals surface area contributed by atoms with Crippen molar-refractivity contribution in [2.24, 2.45) is 29.6 Å². The number of nitrogens with zero attached hydrogens (tertiary/aromatic N) is 1. The third-order valence-electron chi connectivity index (χ3n) is 7.87. The molecule has 4 rings (SSSR count). The van der Waals surface area contributed by atoms with E-state index in [0.29, 0.717) is 0 Å². The summed E-state index contributed by atoms with van der Waals surface area (Å²) in [6.07, 6.45) is 11.9. The number of rotatable bonds is 6. The second-order valence-electron chi connectivity index (χ2n) is 9.85. The second-order valence-corrected chi connectivity index (χ2v) is 9.85. The summed E-state index contributed by atoms with van der Waals surface area (Å²) in [4.78, 5) is 2.87. The molecule has 0 aliphatic heterocycles. The minimum Gasteiger partial charge on any atom is -0.298 e. The van der Waals surface area contributed by atoms with Crippen molar-refractivity contribution in [3.05, 3.63) is 11.1 Å². The van der Waals surface area contributed by atoms with Gasteiger partial charge in [0.05, 0.1) is 0 Å². The van der Waals surface area contributed by atoms with Crippen molar-refractivity contribution < 1.29 is 0 Å². The normalized spacial score (nSPS) is 43.0. The predicted octanol–water partition coefficient (Wildman–Crippen LogP) is 5.66. The van der Waals surface area contributed by atoms with E-state index < -0.39 is 0 Å². The summed E-state index contributed by atoms with van der Waals surface area (Å²) in [6.45, 7) is 11.0. The van der Waals surface area contributed by atoms with Crippen LogP contribution >= 0.6 is 0 Å². The van der Waals surface area contributed by atoms with Gasteiger partial charge in [0.1, 0.15) is 0 Å². The molecule has 3 fully saturated rings. The van der Waals surface area contributed by atoms with Gasteiger partial charge in [-0.1, -0.05) is 18.1 Å². The standard InChI is InChI=1S/C22H37N/c1-14(2)23(21-11-20(12-21)22-6-5-16(22)4)13-17-9-19(10-17)18-7-15(3)8-18/h14-15,17-21H,5-13H2,1-4H3/t15-,17?,18-,19?,20-,21-. The van der Waals surface area contributed by atoms with Crippen LogP contribution in [0.15, 0.2) is 11.1 Å². The highest BCUT2D eigenvalue weighted by molar-refractivity contribution is 5.27. The molecule has 0 spiro atoms. The Labute approximate surface area is 143 Å². The van der Waals surface area contributed by atoms with Crippen LogP contribution in [0.5, 0.6) is 0 Å². The lowest BCUT2D eigenvalue weighted by molar-refractivity contribution is -0.00840. The molecule has 0 aromatic rings. The van der Waals surface area contributed by atoms with Gasteiger partial charge in [-0.2, -0.15) is 0 Å². The summed E-state index contributed by atoms with van der Waals surface area (Å²) < 4.78 is 0. The highest BCUT2D eigenvalue weighted by Gasteiger charge is 2.43. The monoisotopic (exact) mass is 315 g/mol. The van der Waals surface area contributed by atoms with Gasteiger partial charge in [0.25, 0.3) is 0 Å². The van der Waals surface area contributed by atoms with Crippen LogP contribution in [0.1, 0.15) is 79.1 Å². The van der Waals surface area contributed by atoms with Crippen LogP contribution in [-0.2, 0) is 0 Å². The Morgan fingerprint density at radius 2 is 1.61 bits per heavy atom. The number of allylic oxidation sites excluding steroid dienone is 2. The van der Waals surface area contributed by atoms with Crippen molar-refractivity contribution >= 4 is 0 Å². The summed E-state index contributed by atoms with van der Waals surface area (Å²) in [7, 11) is 0. The fourth-order valence-electron chi connectivity index (χ4n) is 5.97. The van der Waals surface area contributed by atoms with Gasteiger partial charge in [0, 0.05) is 18.6 Å². The Bertz CT molecular complexity index is 458. The van der Waals surface area contributed by atoms with Crippen LogP contribution in [0.3, 0.4) is 0 Å². The van der Waals surface area contributed by atoms with Crippen LogP contribution in [0.4, 0.5) is 0 Å². The molecule has 0 unspecified atom stereocenters. The lowest BCUT2D eigenvalue weighted by atomic mass is 9.59. The lowest BCUT2D eigenvalue weighted by Crippen LogP contribution is -2.52. The molecular weight excluding hydrogens is 278 g/mol. The van der Waals surface area contributed by atoms with E-state index in [1.807, 2.05) is 5.57 Å². The predicted molar refractivity (Wildman–Crippen MR) is 98.4 cm³/mol. The molecule has 4 aliphatic carbocycles. The van der Waals surface area contributed by atoms with Crippen LogP contribution < -0.4 is 0 Å². The first-order valence-corrected chi connectivity index (χ1v) is 10.5. The van der Waals surface area contributed by atoms with E-state index in [9.17, 15) is 0 Å². The fraction of sp³-hybridized carbons (Fsp3) is 0.909. The van der Waals surface area contributed by atoms with Crippen LogP contribution in [0, 0.1) is 29.6 Å². The summed E-state index contributed by atoms with van der Waals surface area (Å²) in [6, 6.07) is 1.63. The molecule has 0 N–H and O–H groups in total. The smallest absolute Gasteiger partial charge is 0.0109 e. The average molecular weight is 316 g/mol. The summed E-state index contributed by atoms with van der Waals surface area (Å²) in [5.74, 6) is 5.21. The van der Waals surface area contributed by atoms with E-state index in [4.69, 9.17) is 0 Å². The SMILES string of the molecule is CC1=C([C@H]2C[C@H](N(CC3CC([C@H]4C[C@H](C)C4)C3)C(C)C)C2)CC1. The Balaban J connectivity index is 1.23. The van der Waals surface area contributed by atoms with Gasteiger partial charge in [-0.15, -0.1) is 0 Å². The van der Waals surface area contributed by atoms with Gasteiger partial charge in [-0.3, -0.25) is 4.90 Å². The fourth-order valence-corrected chi connectivity index (χ4v) is 5.97. The first-order chi connectivity index (χ1) is 11.0. The molecule has 4 aliphatic rings. The van der Waals surface area contributed by atoms with Crippen molar-refractivity contribution in [3.63, 3.8) is 0 Å². The minimum atomic E-state index is 0.736. The molecule has 0 aromatic heterocycles. The maximum absolute atomic E-state index is 2.87. The number of hydrogen-bond acceptors (Lipinski definition) is 1. The molecule has 0 bridgehead atoms. The molecule has 0 amide bonds. The molecule has 0 aromatic carbocycles. The van der Waals surface area contributed by atoms with E-state index in [1.54, 1.807) is 18.4 Å². The van der Waals surface area contributed by atoms with Gasteiger partial charge in [-0.05, 0) is 102 Å². The van der Waals surface area contributed by atoms with E-state index in [0.717, 1.165) is 41.7 Å². The topological polar surface area (TPSA) is 3.24 Å². The van der Waals surface area contributed by atoms with Crippen molar-refractivity contribution in [3.8, 4) is 0 Å². The Kier molecular flexibility index (Phi) is 4.37. The Morgan fingerprint density at radius 3 is 2.09 bits per heavy atom. The van der Waals surface area contributed by atoms with E-state index in [-0.39, 0.29) is 0 Å². The largest absolute Gasteiger partial charge is 0.298 e. The summed E-state index contributed by atoms with van der Waals surface area (Å²) in [5.41, 5.74) is 3.56. The third kappa shape index (κ3) is 3.03. The highest BCUT2D eigenvalue weighted by atomic mass is 15.2. The average Bonchev–Trinajstić information content (AvgIpc) is 2.37. The lowest BCUT2D eigenvalue weighted by Gasteiger charge is -2.52. The van der Waals surface area contributed by atoms with Gasteiger partial charge in [-0.25, -0.2) is 0 Å². The molecule has 0 saturated heterocycles. The molecule has 23 heavy (non-hydrogen) atoms. The van der Waals surface area contributed by atoms with Crippen LogP contribution in [0.2, 0.25) is 0 Å². The van der Waals surface area contributed by atoms with Crippen LogP contribution in [0.25, 0.3) is 0 Å². The first kappa shape index (κ1) is 16.2. The van der Waals surface area contributed by atoms with E-state index >= 15 is 0 Å². The summed E-state index contributed by atoms with van der Waals surface area (Å²) in [5, 5.41) is 0. The molecule has 3 saturated carbocycles. The molecule has 0 radical (unpaired) electrons. The van der Waals surface area contributed by atoms with Gasteiger partial charge in [0.15, 0.2) is 0 Å². The zero-order chi connectivity index (χ0) is 16.1. The first-order valence-electron chi connectivity index (χ1n) is 10.5. The Hall–Kier alpha value is -0.300. The zero-order valence-corrected chi connectivity index (χ0v) is 15.9. The van der Waals surface area contributed by atoms with Crippen molar-refractivity contribution in [2.75, 3.05) is 6.54 Å². The van der Waals surface area contributed by atoms with Gasteiger partial charge < -0.3 is 0 Å². The van der Waals surface area contributed by atoms with Gasteiger partial charge >= 0.3 is 0 Å². The summed E-state index contributed by atoms with van der Waals surface area (Å²) >= 11 is 0. The van der Waals surface area contributed by atoms with Crippen LogP contribution in [-0.4, -0.2) is 23.5 Å². The van der Waals surface area contributed by atoms with E-state index in [2.05, 4.69) is 32.6 Å².